The van der Waals surface area contributed by atoms with Crippen molar-refractivity contribution in [1.82, 2.24) is 9.78 Å². The molecule has 0 radical (unpaired) electrons. The molecule has 1 unspecified atom stereocenters. The van der Waals surface area contributed by atoms with Gasteiger partial charge in [-0.3, -0.25) is 0 Å². The van der Waals surface area contributed by atoms with Crippen LogP contribution in [0.2, 0.25) is 0 Å². The minimum atomic E-state index is -4.37. The summed E-state index contributed by atoms with van der Waals surface area (Å²) in [6, 6.07) is 10.8. The van der Waals surface area contributed by atoms with E-state index in [0.29, 0.717) is 11.4 Å². The van der Waals surface area contributed by atoms with Crippen LogP contribution in [0, 0.1) is 6.92 Å². The summed E-state index contributed by atoms with van der Waals surface area (Å²) in [5.41, 5.74) is 2.56. The van der Waals surface area contributed by atoms with Crippen LogP contribution in [0.1, 0.15) is 80.8 Å². The maximum Gasteiger partial charge on any atom is 0.416 e. The molecule has 1 aromatic heterocycles. The number of nitrogens with zero attached hydrogens (tertiary/aromatic N) is 2. The number of hydrogen-bond acceptors (Lipinski definition) is 3. The molecule has 8 heteroatoms. The molecule has 1 atom stereocenters. The lowest BCUT2D eigenvalue weighted by molar-refractivity contribution is -0.152. The lowest BCUT2D eigenvalue weighted by atomic mass is 9.92. The number of carboxylic acid groups (broad SMARTS) is 1. The van der Waals surface area contributed by atoms with E-state index in [1.54, 1.807) is 4.68 Å². The van der Waals surface area contributed by atoms with Crippen molar-refractivity contribution in [1.29, 1.82) is 0 Å². The molecular weight excluding hydrogens is 469 g/mol. The fraction of sp³-hybridized carbons (Fsp3) is 0.429. The molecule has 1 N–H and O–H groups in total. The van der Waals surface area contributed by atoms with Gasteiger partial charge in [0.05, 0.1) is 16.9 Å². The fourth-order valence-corrected chi connectivity index (χ4v) is 3.99. The maximum absolute atomic E-state index is 12.9. The summed E-state index contributed by atoms with van der Waals surface area (Å²) in [5.74, 6) is -0.0997. The number of aromatic nitrogens is 2. The molecule has 0 aliphatic rings. The number of alkyl halides is 3. The second kappa shape index (κ2) is 10.4. The average Bonchev–Trinajstić information content (AvgIpc) is 3.23. The van der Waals surface area contributed by atoms with Crippen LogP contribution in [-0.2, 0) is 17.4 Å². The highest BCUT2D eigenvalue weighted by atomic mass is 19.4. The van der Waals surface area contributed by atoms with Crippen LogP contribution < -0.4 is 4.74 Å². The summed E-state index contributed by atoms with van der Waals surface area (Å²) in [7, 11) is 0. The average molecular weight is 503 g/mol. The zero-order valence-electron chi connectivity index (χ0n) is 21.5. The number of aliphatic carboxylic acids is 1. The van der Waals surface area contributed by atoms with Gasteiger partial charge in [0.1, 0.15) is 5.75 Å². The molecule has 3 aromatic rings. The van der Waals surface area contributed by atoms with Crippen LogP contribution in [0.4, 0.5) is 13.2 Å². The standard InChI is InChI=1S/C28H33F3N2O3/c1-17(2)25-21(16-33(32-25)23-12-10-22(11-13-23)28(29,30)31)8-7-18(3)20-9-14-24(19(4)15-20)36-27(5,6)26(34)35/h9-18H,7-8H2,1-6H3,(H,34,35). The van der Waals surface area contributed by atoms with E-state index in [4.69, 9.17) is 4.74 Å². The van der Waals surface area contributed by atoms with Gasteiger partial charge in [0.15, 0.2) is 5.60 Å². The summed E-state index contributed by atoms with van der Waals surface area (Å²) in [6.07, 6.45) is -0.861. The molecule has 0 spiro atoms. The largest absolute Gasteiger partial charge is 0.478 e. The Morgan fingerprint density at radius 2 is 1.72 bits per heavy atom. The number of rotatable bonds is 9. The molecule has 1 heterocycles. The molecule has 0 amide bonds. The summed E-state index contributed by atoms with van der Waals surface area (Å²) in [6.45, 7) is 11.2. The zero-order valence-corrected chi connectivity index (χ0v) is 21.5. The number of ether oxygens (including phenoxy) is 1. The molecule has 0 aliphatic heterocycles. The molecule has 0 bridgehead atoms. The van der Waals surface area contributed by atoms with Crippen molar-refractivity contribution in [2.24, 2.45) is 0 Å². The minimum Gasteiger partial charge on any atom is -0.478 e. The second-order valence-corrected chi connectivity index (χ2v) is 10.1. The van der Waals surface area contributed by atoms with Gasteiger partial charge in [-0.25, -0.2) is 9.48 Å². The number of carboxylic acids is 1. The van der Waals surface area contributed by atoms with Crippen LogP contribution in [-0.4, -0.2) is 26.5 Å². The van der Waals surface area contributed by atoms with E-state index in [1.165, 1.54) is 26.0 Å². The Labute approximate surface area is 209 Å². The first kappa shape index (κ1) is 27.3. The Balaban J connectivity index is 1.75. The van der Waals surface area contributed by atoms with Crippen molar-refractivity contribution in [3.05, 3.63) is 76.6 Å². The third-order valence-corrected chi connectivity index (χ3v) is 6.32. The fourth-order valence-electron chi connectivity index (χ4n) is 3.99. The Kier molecular flexibility index (Phi) is 7.86. The molecule has 194 valence electrons. The Bertz CT molecular complexity index is 1210. The highest BCUT2D eigenvalue weighted by Crippen LogP contribution is 2.32. The zero-order chi connectivity index (χ0) is 26.8. The lowest BCUT2D eigenvalue weighted by Crippen LogP contribution is -2.38. The van der Waals surface area contributed by atoms with E-state index in [-0.39, 0.29) is 11.8 Å². The first-order chi connectivity index (χ1) is 16.7. The number of carbonyl (C=O) groups is 1. The van der Waals surface area contributed by atoms with Crippen molar-refractivity contribution >= 4 is 5.97 Å². The predicted octanol–water partition coefficient (Wildman–Crippen LogP) is 7.30. The third-order valence-electron chi connectivity index (χ3n) is 6.32. The van der Waals surface area contributed by atoms with Gasteiger partial charge in [-0.1, -0.05) is 32.9 Å². The quantitative estimate of drug-likeness (QED) is 0.333. The van der Waals surface area contributed by atoms with Crippen molar-refractivity contribution in [3.8, 4) is 11.4 Å². The Morgan fingerprint density at radius 3 is 2.25 bits per heavy atom. The molecule has 36 heavy (non-hydrogen) atoms. The van der Waals surface area contributed by atoms with Crippen LogP contribution >= 0.6 is 0 Å². The molecule has 2 aromatic carbocycles. The highest BCUT2D eigenvalue weighted by Gasteiger charge is 2.31. The van der Waals surface area contributed by atoms with Crippen molar-refractivity contribution in [2.45, 2.75) is 78.0 Å². The van der Waals surface area contributed by atoms with E-state index in [0.717, 1.165) is 47.4 Å². The van der Waals surface area contributed by atoms with Crippen LogP contribution in [0.25, 0.3) is 5.69 Å². The summed E-state index contributed by atoms with van der Waals surface area (Å²) < 4.78 is 46.1. The molecule has 0 aliphatic carbocycles. The number of aryl methyl sites for hydroxylation is 2. The van der Waals surface area contributed by atoms with E-state index >= 15 is 0 Å². The maximum atomic E-state index is 12.9. The minimum absolute atomic E-state index is 0.169. The Morgan fingerprint density at radius 1 is 1.08 bits per heavy atom. The molecule has 0 saturated carbocycles. The molecule has 5 nitrogen and oxygen atoms in total. The van der Waals surface area contributed by atoms with Crippen LogP contribution in [0.5, 0.6) is 5.75 Å². The van der Waals surface area contributed by atoms with Gasteiger partial charge >= 0.3 is 12.1 Å². The van der Waals surface area contributed by atoms with Gasteiger partial charge in [0.25, 0.3) is 0 Å². The van der Waals surface area contributed by atoms with Crippen molar-refractivity contribution in [2.75, 3.05) is 0 Å². The van der Waals surface area contributed by atoms with Crippen molar-refractivity contribution in [3.63, 3.8) is 0 Å². The van der Waals surface area contributed by atoms with Crippen LogP contribution in [0.15, 0.2) is 48.7 Å². The van der Waals surface area contributed by atoms with Crippen molar-refractivity contribution < 1.29 is 27.8 Å². The van der Waals surface area contributed by atoms with E-state index in [9.17, 15) is 23.1 Å². The summed E-state index contributed by atoms with van der Waals surface area (Å²) >= 11 is 0. The SMILES string of the molecule is Cc1cc(C(C)CCc2cn(-c3ccc(C(F)(F)F)cc3)nc2C(C)C)ccc1OC(C)(C)C(=O)O. The van der Waals surface area contributed by atoms with Gasteiger partial charge in [-0.05, 0) is 92.5 Å². The van der Waals surface area contributed by atoms with E-state index in [1.807, 2.05) is 45.2 Å². The number of benzene rings is 2. The van der Waals surface area contributed by atoms with E-state index < -0.39 is 23.3 Å². The molecule has 0 fully saturated rings. The smallest absolute Gasteiger partial charge is 0.416 e. The summed E-state index contributed by atoms with van der Waals surface area (Å²) in [4.78, 5) is 11.4. The number of halogens is 3. The summed E-state index contributed by atoms with van der Waals surface area (Å²) in [5, 5.41) is 14.0. The third kappa shape index (κ3) is 6.28. The first-order valence-corrected chi connectivity index (χ1v) is 12.0. The normalized spacial score (nSPS) is 13.2. The van der Waals surface area contributed by atoms with Gasteiger partial charge < -0.3 is 9.84 Å². The van der Waals surface area contributed by atoms with Gasteiger partial charge in [-0.2, -0.15) is 18.3 Å². The number of hydrogen-bond donors (Lipinski definition) is 1. The highest BCUT2D eigenvalue weighted by molar-refractivity contribution is 5.76. The molecule has 0 saturated heterocycles. The van der Waals surface area contributed by atoms with Crippen LogP contribution in [0.3, 0.4) is 0 Å². The molecular formula is C28H33F3N2O3. The van der Waals surface area contributed by atoms with Gasteiger partial charge in [0, 0.05) is 6.20 Å². The first-order valence-electron chi connectivity index (χ1n) is 12.0. The van der Waals surface area contributed by atoms with Gasteiger partial charge in [0.2, 0.25) is 0 Å². The molecule has 3 rings (SSSR count). The second-order valence-electron chi connectivity index (χ2n) is 10.1. The lowest BCUT2D eigenvalue weighted by Gasteiger charge is -2.23. The Hall–Kier alpha value is -3.29. The van der Waals surface area contributed by atoms with Gasteiger partial charge in [-0.15, -0.1) is 0 Å². The topological polar surface area (TPSA) is 64.4 Å². The van der Waals surface area contributed by atoms with E-state index in [2.05, 4.69) is 12.0 Å². The monoisotopic (exact) mass is 502 g/mol. The predicted molar refractivity (Wildman–Crippen MR) is 133 cm³/mol.